The summed E-state index contributed by atoms with van der Waals surface area (Å²) in [4.78, 5) is 29.3. The smallest absolute Gasteiger partial charge is 0.319 e. The van der Waals surface area contributed by atoms with Gasteiger partial charge in [-0.15, -0.1) is 0 Å². The summed E-state index contributed by atoms with van der Waals surface area (Å²) in [5.41, 5.74) is 3.77. The van der Waals surface area contributed by atoms with Gasteiger partial charge >= 0.3 is 5.97 Å². The Morgan fingerprint density at radius 3 is 1.37 bits per heavy atom. The van der Waals surface area contributed by atoms with Crippen molar-refractivity contribution >= 4 is 11.9 Å². The molecule has 0 N–H and O–H groups in total. The molecule has 0 aliphatic carbocycles. The fourth-order valence-electron chi connectivity index (χ4n) is 4.42. The first kappa shape index (κ1) is 24.0. The minimum atomic E-state index is -1.03. The lowest BCUT2D eigenvalue weighted by atomic mass is 9.79. The predicted octanol–water partition coefficient (Wildman–Crippen LogP) is 5.84. The Morgan fingerprint density at radius 2 is 1.00 bits per heavy atom. The molecule has 1 atom stereocenters. The van der Waals surface area contributed by atoms with Crippen molar-refractivity contribution in [2.45, 2.75) is 19.0 Å². The molecule has 4 heteroatoms. The highest BCUT2D eigenvalue weighted by molar-refractivity contribution is 5.99. The molecule has 176 valence electrons. The molecule has 1 unspecified atom stereocenters. The van der Waals surface area contributed by atoms with Crippen LogP contribution in [0.3, 0.4) is 0 Å². The van der Waals surface area contributed by atoms with E-state index in [0.29, 0.717) is 13.1 Å². The zero-order valence-electron chi connectivity index (χ0n) is 19.8. The van der Waals surface area contributed by atoms with Crippen LogP contribution in [0.15, 0.2) is 121 Å². The van der Waals surface area contributed by atoms with Crippen molar-refractivity contribution in [1.29, 1.82) is 0 Å². The predicted molar refractivity (Wildman–Crippen MR) is 137 cm³/mol. The van der Waals surface area contributed by atoms with Crippen molar-refractivity contribution in [2.24, 2.45) is 5.92 Å². The van der Waals surface area contributed by atoms with Gasteiger partial charge in [0.1, 0.15) is 5.92 Å². The number of rotatable bonds is 9. The molecule has 0 saturated heterocycles. The van der Waals surface area contributed by atoms with Gasteiger partial charge in [-0.05, 0) is 22.3 Å². The van der Waals surface area contributed by atoms with Crippen molar-refractivity contribution in [3.05, 3.63) is 144 Å². The van der Waals surface area contributed by atoms with Crippen LogP contribution in [0.25, 0.3) is 0 Å². The maximum Gasteiger partial charge on any atom is 0.319 e. The van der Waals surface area contributed by atoms with Crippen LogP contribution in [-0.4, -0.2) is 23.9 Å². The van der Waals surface area contributed by atoms with Gasteiger partial charge in [0.05, 0.1) is 7.11 Å². The number of nitrogens with zero attached hydrogens (tertiary/aromatic N) is 1. The van der Waals surface area contributed by atoms with Crippen LogP contribution in [0.1, 0.15) is 28.2 Å². The summed E-state index contributed by atoms with van der Waals surface area (Å²) < 4.78 is 5.22. The van der Waals surface area contributed by atoms with Gasteiger partial charge in [0.2, 0.25) is 5.91 Å². The minimum Gasteiger partial charge on any atom is -0.468 e. The second kappa shape index (κ2) is 11.8. The summed E-state index contributed by atoms with van der Waals surface area (Å²) in [5, 5.41) is 0. The number of carbonyl (C=O) groups excluding carboxylic acids is 2. The Bertz CT molecular complexity index is 1130. The maximum atomic E-state index is 14.3. The number of esters is 1. The fourth-order valence-corrected chi connectivity index (χ4v) is 4.42. The number of hydrogen-bond donors (Lipinski definition) is 0. The molecular formula is C31H29NO3. The number of hydrogen-bond acceptors (Lipinski definition) is 3. The van der Waals surface area contributed by atoms with E-state index in [1.54, 1.807) is 4.90 Å². The summed E-state index contributed by atoms with van der Waals surface area (Å²) in [6, 6.07) is 39.1. The molecule has 1 amide bonds. The summed E-state index contributed by atoms with van der Waals surface area (Å²) in [7, 11) is 1.34. The molecule has 0 saturated carbocycles. The lowest BCUT2D eigenvalue weighted by molar-refractivity contribution is -0.155. The standard InChI is InChI=1S/C31H29NO3/c1-35-31(34)29(28(26-18-10-4-11-19-26)27-20-12-5-13-21-27)30(33)32(22-24-14-6-2-7-15-24)23-25-16-8-3-9-17-25/h2-21,28-29H,22-23H2,1H3. The Balaban J connectivity index is 1.78. The lowest BCUT2D eigenvalue weighted by Crippen LogP contribution is -2.42. The molecule has 0 aromatic heterocycles. The third-order valence-corrected chi connectivity index (χ3v) is 6.12. The largest absolute Gasteiger partial charge is 0.468 e. The molecule has 0 fully saturated rings. The monoisotopic (exact) mass is 463 g/mol. The zero-order valence-corrected chi connectivity index (χ0v) is 19.8. The topological polar surface area (TPSA) is 46.6 Å². The highest BCUT2D eigenvalue weighted by Gasteiger charge is 2.40. The Labute approximate surface area is 206 Å². The quantitative estimate of drug-likeness (QED) is 0.232. The van der Waals surface area contributed by atoms with E-state index < -0.39 is 17.8 Å². The van der Waals surface area contributed by atoms with Gasteiger partial charge in [-0.2, -0.15) is 0 Å². The van der Waals surface area contributed by atoms with Crippen LogP contribution in [-0.2, 0) is 27.4 Å². The average Bonchev–Trinajstić information content (AvgIpc) is 2.92. The van der Waals surface area contributed by atoms with Crippen molar-refractivity contribution in [2.75, 3.05) is 7.11 Å². The SMILES string of the molecule is COC(=O)C(C(=O)N(Cc1ccccc1)Cc1ccccc1)C(c1ccccc1)c1ccccc1. The van der Waals surface area contributed by atoms with E-state index in [1.807, 2.05) is 121 Å². The first-order valence-corrected chi connectivity index (χ1v) is 11.7. The molecule has 0 aliphatic rings. The van der Waals surface area contributed by atoms with Gasteiger partial charge < -0.3 is 9.64 Å². The number of ether oxygens (including phenoxy) is 1. The van der Waals surface area contributed by atoms with E-state index in [1.165, 1.54) is 7.11 Å². The fraction of sp³-hybridized carbons (Fsp3) is 0.161. The first-order chi connectivity index (χ1) is 17.2. The molecule has 4 aromatic rings. The van der Waals surface area contributed by atoms with Crippen molar-refractivity contribution in [1.82, 2.24) is 4.90 Å². The van der Waals surface area contributed by atoms with E-state index >= 15 is 0 Å². The van der Waals surface area contributed by atoms with Crippen molar-refractivity contribution < 1.29 is 14.3 Å². The molecule has 35 heavy (non-hydrogen) atoms. The second-order valence-corrected chi connectivity index (χ2v) is 8.47. The van der Waals surface area contributed by atoms with Crippen LogP contribution in [0.5, 0.6) is 0 Å². The molecule has 0 spiro atoms. The molecule has 0 radical (unpaired) electrons. The van der Waals surface area contributed by atoms with Crippen LogP contribution >= 0.6 is 0 Å². The minimum absolute atomic E-state index is 0.262. The molecular weight excluding hydrogens is 434 g/mol. The lowest BCUT2D eigenvalue weighted by Gasteiger charge is -2.31. The van der Waals surface area contributed by atoms with E-state index in [9.17, 15) is 9.59 Å². The Morgan fingerprint density at radius 1 is 0.629 bits per heavy atom. The molecule has 4 rings (SSSR count). The van der Waals surface area contributed by atoms with E-state index in [0.717, 1.165) is 22.3 Å². The summed E-state index contributed by atoms with van der Waals surface area (Å²) in [5.74, 6) is -2.32. The average molecular weight is 464 g/mol. The van der Waals surface area contributed by atoms with Crippen molar-refractivity contribution in [3.63, 3.8) is 0 Å². The summed E-state index contributed by atoms with van der Waals surface area (Å²) in [6.45, 7) is 0.775. The van der Waals surface area contributed by atoms with Crippen LogP contribution in [0.4, 0.5) is 0 Å². The van der Waals surface area contributed by atoms with Gasteiger partial charge in [0, 0.05) is 19.0 Å². The number of methoxy groups -OCH3 is 1. The van der Waals surface area contributed by atoms with Gasteiger partial charge in [-0.3, -0.25) is 9.59 Å². The Hall–Kier alpha value is -4.18. The van der Waals surface area contributed by atoms with Gasteiger partial charge in [-0.25, -0.2) is 0 Å². The Kier molecular flexibility index (Phi) is 8.08. The van der Waals surface area contributed by atoms with E-state index in [4.69, 9.17) is 4.74 Å². The molecule has 0 aliphatic heterocycles. The second-order valence-electron chi connectivity index (χ2n) is 8.47. The van der Waals surface area contributed by atoms with E-state index in [-0.39, 0.29) is 5.91 Å². The van der Waals surface area contributed by atoms with Crippen LogP contribution in [0.2, 0.25) is 0 Å². The summed E-state index contributed by atoms with van der Waals surface area (Å²) in [6.07, 6.45) is 0. The third kappa shape index (κ3) is 6.04. The molecule has 4 nitrogen and oxygen atoms in total. The molecule has 0 heterocycles. The van der Waals surface area contributed by atoms with Crippen molar-refractivity contribution in [3.8, 4) is 0 Å². The number of amides is 1. The van der Waals surface area contributed by atoms with Crippen LogP contribution in [0, 0.1) is 5.92 Å². The zero-order chi connectivity index (χ0) is 24.5. The molecule has 4 aromatic carbocycles. The first-order valence-electron chi connectivity index (χ1n) is 11.7. The number of benzene rings is 4. The normalized spacial score (nSPS) is 11.6. The van der Waals surface area contributed by atoms with Gasteiger partial charge in [-0.1, -0.05) is 121 Å². The maximum absolute atomic E-state index is 14.3. The molecule has 0 bridgehead atoms. The van der Waals surface area contributed by atoms with Gasteiger partial charge in [0.25, 0.3) is 0 Å². The summed E-state index contributed by atoms with van der Waals surface area (Å²) >= 11 is 0. The highest BCUT2D eigenvalue weighted by Crippen LogP contribution is 2.35. The third-order valence-electron chi connectivity index (χ3n) is 6.12. The number of carbonyl (C=O) groups is 2. The van der Waals surface area contributed by atoms with Crippen LogP contribution < -0.4 is 0 Å². The highest BCUT2D eigenvalue weighted by atomic mass is 16.5. The van der Waals surface area contributed by atoms with E-state index in [2.05, 4.69) is 0 Å². The van der Waals surface area contributed by atoms with Gasteiger partial charge in [0.15, 0.2) is 0 Å².